The number of aromatic amines is 2. The maximum atomic E-state index is 10.0. The van der Waals surface area contributed by atoms with Crippen molar-refractivity contribution in [2.45, 2.75) is 13.8 Å². The first-order chi connectivity index (χ1) is 14.9. The van der Waals surface area contributed by atoms with Gasteiger partial charge in [-0.15, -0.1) is 0 Å². The summed E-state index contributed by atoms with van der Waals surface area (Å²) in [6, 6.07) is 16.4. The molecule has 3 aromatic rings. The molecular weight excluding hydrogens is 388 g/mol. The summed E-state index contributed by atoms with van der Waals surface area (Å²) in [6.07, 6.45) is 9.21. The van der Waals surface area contributed by atoms with Crippen molar-refractivity contribution in [2.24, 2.45) is 0 Å². The third-order valence-corrected chi connectivity index (χ3v) is 4.45. The molecule has 0 amide bonds. The second-order valence-corrected chi connectivity index (χ2v) is 7.30. The summed E-state index contributed by atoms with van der Waals surface area (Å²) in [5.41, 5.74) is 7.86. The molecule has 2 aliphatic rings. The number of allylic oxidation sites excluding steroid dienone is 2. The van der Waals surface area contributed by atoms with Crippen LogP contribution in [-0.4, -0.2) is 30.8 Å². The first-order valence-electron chi connectivity index (χ1n) is 9.85. The van der Waals surface area contributed by atoms with E-state index < -0.39 is 0 Å². The number of rotatable bonds is 1. The van der Waals surface area contributed by atoms with E-state index in [1.165, 1.54) is 19.9 Å². The molecule has 3 aromatic heterocycles. The Hall–Kier alpha value is -4.19. The largest absolute Gasteiger partial charge is 0.512 e. The lowest BCUT2D eigenvalue weighted by atomic mass is 10.3. The predicted molar refractivity (Wildman–Crippen MR) is 126 cm³/mol. The molecule has 5 rings (SSSR count). The van der Waals surface area contributed by atoms with E-state index in [0.29, 0.717) is 0 Å². The van der Waals surface area contributed by atoms with E-state index in [0.717, 1.165) is 44.8 Å². The Labute approximate surface area is 179 Å². The maximum absolute atomic E-state index is 10.0. The number of nitrogens with one attached hydrogen (secondary N) is 2. The van der Waals surface area contributed by atoms with Crippen LogP contribution in [0.5, 0.6) is 0 Å². The molecule has 0 fully saturated rings. The maximum Gasteiger partial charge on any atom is 0.155 e. The zero-order chi connectivity index (χ0) is 21.8. The zero-order valence-corrected chi connectivity index (χ0v) is 17.3. The van der Waals surface area contributed by atoms with Crippen molar-refractivity contribution in [3.05, 3.63) is 83.1 Å². The summed E-state index contributed by atoms with van der Waals surface area (Å²) < 4.78 is 0. The smallest absolute Gasteiger partial charge is 0.155 e. The second-order valence-electron chi connectivity index (χ2n) is 7.30. The summed E-state index contributed by atoms with van der Waals surface area (Å²) in [5.74, 6) is -0.0625. The number of aliphatic hydroxyl groups excluding tert-OH is 1. The van der Waals surface area contributed by atoms with E-state index in [2.05, 4.69) is 50.3 Å². The van der Waals surface area contributed by atoms with E-state index in [1.54, 1.807) is 0 Å². The molecule has 0 radical (unpaired) electrons. The molecular formula is C25H22N4O2. The highest BCUT2D eigenvalue weighted by Gasteiger charge is 2.02. The van der Waals surface area contributed by atoms with Gasteiger partial charge in [-0.2, -0.15) is 0 Å². The van der Waals surface area contributed by atoms with E-state index in [-0.39, 0.29) is 11.5 Å². The summed E-state index contributed by atoms with van der Waals surface area (Å²) in [6.45, 7) is 2.85. The fourth-order valence-corrected chi connectivity index (χ4v) is 3.24. The molecule has 0 aliphatic carbocycles. The average molecular weight is 410 g/mol. The van der Waals surface area contributed by atoms with Gasteiger partial charge in [-0.1, -0.05) is 0 Å². The fourth-order valence-electron chi connectivity index (χ4n) is 3.24. The number of nitrogens with zero attached hydrogens (tertiary/aromatic N) is 2. The number of hydrogen-bond acceptors (Lipinski definition) is 4. The normalized spacial score (nSPS) is 12.4. The Morgan fingerprint density at radius 3 is 1.45 bits per heavy atom. The van der Waals surface area contributed by atoms with Gasteiger partial charge in [0.25, 0.3) is 0 Å². The summed E-state index contributed by atoms with van der Waals surface area (Å²) in [7, 11) is 0. The molecule has 0 spiro atoms. The molecule has 0 atom stereocenters. The van der Waals surface area contributed by atoms with E-state index in [4.69, 9.17) is 5.11 Å². The Kier molecular flexibility index (Phi) is 5.62. The van der Waals surface area contributed by atoms with Gasteiger partial charge in [0.05, 0.1) is 28.5 Å². The zero-order valence-electron chi connectivity index (χ0n) is 17.3. The number of hydrogen-bond donors (Lipinski definition) is 3. The average Bonchev–Trinajstić information content (AvgIpc) is 3.46. The van der Waals surface area contributed by atoms with Crippen molar-refractivity contribution >= 4 is 52.2 Å². The Morgan fingerprint density at radius 1 is 0.710 bits per heavy atom. The monoisotopic (exact) mass is 410 g/mol. The number of carbonyl (C=O) groups is 1. The number of fused-ring (bicyclic) bond motifs is 8. The van der Waals surface area contributed by atoms with Crippen LogP contribution in [0.25, 0.3) is 46.4 Å². The van der Waals surface area contributed by atoms with Crippen LogP contribution in [0.15, 0.2) is 60.4 Å². The number of carbonyl (C=O) groups excluding carboxylic acids is 1. The van der Waals surface area contributed by atoms with Crippen molar-refractivity contribution in [3.63, 3.8) is 0 Å². The molecule has 31 heavy (non-hydrogen) atoms. The molecule has 0 unspecified atom stereocenters. The SMILES string of the molecule is C1=Cc2cc3ccc(cc4ccc(cc5nc(cc1n2)C=C5)[nH]4)[nH]3.CC(=O)/C=C(/C)O. The Bertz CT molecular complexity index is 1290. The molecule has 6 nitrogen and oxygen atoms in total. The Balaban J connectivity index is 0.000000289. The molecule has 0 aromatic carbocycles. The number of aromatic nitrogens is 4. The van der Waals surface area contributed by atoms with Crippen LogP contribution in [0.3, 0.4) is 0 Å². The van der Waals surface area contributed by atoms with Gasteiger partial charge in [0.2, 0.25) is 0 Å². The third-order valence-electron chi connectivity index (χ3n) is 4.45. The predicted octanol–water partition coefficient (Wildman–Crippen LogP) is 5.69. The highest BCUT2D eigenvalue weighted by Crippen LogP contribution is 2.17. The summed E-state index contributed by atoms with van der Waals surface area (Å²) in [4.78, 5) is 26.0. The first-order valence-corrected chi connectivity index (χ1v) is 9.85. The van der Waals surface area contributed by atoms with E-state index >= 15 is 0 Å². The van der Waals surface area contributed by atoms with Gasteiger partial charge in [-0.25, -0.2) is 9.97 Å². The van der Waals surface area contributed by atoms with Crippen molar-refractivity contribution in [2.75, 3.05) is 0 Å². The second kappa shape index (κ2) is 8.67. The van der Waals surface area contributed by atoms with Gasteiger partial charge in [0.15, 0.2) is 5.78 Å². The van der Waals surface area contributed by atoms with Crippen molar-refractivity contribution in [1.29, 1.82) is 0 Å². The van der Waals surface area contributed by atoms with Crippen molar-refractivity contribution < 1.29 is 9.90 Å². The van der Waals surface area contributed by atoms with Crippen LogP contribution in [0.4, 0.5) is 0 Å². The van der Waals surface area contributed by atoms with Crippen LogP contribution < -0.4 is 0 Å². The number of H-pyrrole nitrogens is 2. The highest BCUT2D eigenvalue weighted by atomic mass is 16.3. The van der Waals surface area contributed by atoms with Gasteiger partial charge in [0, 0.05) is 28.1 Å². The quantitative estimate of drug-likeness (QED) is 0.244. The highest BCUT2D eigenvalue weighted by molar-refractivity contribution is 5.87. The van der Waals surface area contributed by atoms with Gasteiger partial charge in [-0.05, 0) is 86.7 Å². The standard InChI is InChI=1S/C20H14N4.C5H8O2/c1-2-14-10-16-5-6-18(23-16)12-20-8-7-19(24-20)11-17-4-3-15(22-17)9-13(1)21-14;1-4(6)3-5(2)7/h1-12,21-22H;3,6H,1-2H3/b;4-3-. The lowest BCUT2D eigenvalue weighted by molar-refractivity contribution is -0.112. The minimum absolute atomic E-state index is 0.0625. The lowest BCUT2D eigenvalue weighted by Crippen LogP contribution is -1.82. The fraction of sp³-hybridized carbons (Fsp3) is 0.0800. The van der Waals surface area contributed by atoms with Crippen molar-refractivity contribution in [3.8, 4) is 0 Å². The molecule has 6 heteroatoms. The van der Waals surface area contributed by atoms with Crippen LogP contribution in [0.1, 0.15) is 36.6 Å². The first kappa shape index (κ1) is 20.1. The number of ketones is 1. The minimum atomic E-state index is -0.125. The van der Waals surface area contributed by atoms with Gasteiger partial charge in [0.1, 0.15) is 0 Å². The van der Waals surface area contributed by atoms with Crippen LogP contribution in [0, 0.1) is 0 Å². The summed E-state index contributed by atoms with van der Waals surface area (Å²) >= 11 is 0. The van der Waals surface area contributed by atoms with Gasteiger partial charge in [-0.3, -0.25) is 4.79 Å². The topological polar surface area (TPSA) is 94.7 Å². The number of aliphatic hydroxyl groups is 1. The molecule has 2 aliphatic heterocycles. The van der Waals surface area contributed by atoms with Gasteiger partial charge < -0.3 is 15.1 Å². The van der Waals surface area contributed by atoms with Crippen LogP contribution in [0.2, 0.25) is 0 Å². The van der Waals surface area contributed by atoms with E-state index in [1.807, 2.05) is 42.5 Å². The van der Waals surface area contributed by atoms with Crippen LogP contribution in [-0.2, 0) is 4.79 Å². The van der Waals surface area contributed by atoms with Gasteiger partial charge >= 0.3 is 0 Å². The lowest BCUT2D eigenvalue weighted by Gasteiger charge is -1.86. The van der Waals surface area contributed by atoms with E-state index in [9.17, 15) is 4.79 Å². The minimum Gasteiger partial charge on any atom is -0.512 e. The molecule has 154 valence electrons. The molecule has 0 saturated carbocycles. The molecule has 3 N–H and O–H groups in total. The van der Waals surface area contributed by atoms with Crippen LogP contribution >= 0.6 is 0 Å². The van der Waals surface area contributed by atoms with Crippen molar-refractivity contribution in [1.82, 2.24) is 19.9 Å². The molecule has 0 saturated heterocycles. The summed E-state index contributed by atoms with van der Waals surface area (Å²) in [5, 5.41) is 8.36. The molecule has 8 bridgehead atoms. The molecule has 5 heterocycles. The third kappa shape index (κ3) is 5.45. The Morgan fingerprint density at radius 2 is 1.10 bits per heavy atom.